The Morgan fingerprint density at radius 1 is 1.23 bits per heavy atom. The molecule has 0 aliphatic carbocycles. The molecule has 1 amide bonds. The molecule has 0 saturated carbocycles. The van der Waals surface area contributed by atoms with Crippen molar-refractivity contribution in [2.75, 3.05) is 19.7 Å². The zero-order valence-electron chi connectivity index (χ0n) is 14.3. The summed E-state index contributed by atoms with van der Waals surface area (Å²) in [6, 6.07) is 0. The lowest BCUT2D eigenvalue weighted by molar-refractivity contribution is -0.148. The van der Waals surface area contributed by atoms with Gasteiger partial charge in [-0.15, -0.1) is 13.2 Å². The van der Waals surface area contributed by atoms with Crippen molar-refractivity contribution < 1.29 is 19.1 Å². The zero-order valence-corrected chi connectivity index (χ0v) is 14.3. The van der Waals surface area contributed by atoms with Gasteiger partial charge in [0.25, 0.3) is 0 Å². The number of carbonyl (C=O) groups is 2. The molecule has 0 saturated heterocycles. The average molecular weight is 311 g/mol. The number of nitrogens with zero attached hydrogens (tertiary/aromatic N) is 1. The third-order valence-electron chi connectivity index (χ3n) is 2.77. The van der Waals surface area contributed by atoms with Crippen LogP contribution < -0.4 is 0 Å². The van der Waals surface area contributed by atoms with Gasteiger partial charge in [0, 0.05) is 13.1 Å². The Kier molecular flexibility index (Phi) is 9.22. The van der Waals surface area contributed by atoms with E-state index in [2.05, 4.69) is 13.2 Å². The Morgan fingerprint density at radius 3 is 2.32 bits per heavy atom. The molecule has 0 bridgehead atoms. The van der Waals surface area contributed by atoms with Crippen molar-refractivity contribution in [3.05, 3.63) is 25.3 Å². The first-order valence-corrected chi connectivity index (χ1v) is 7.61. The molecule has 0 spiro atoms. The van der Waals surface area contributed by atoms with Gasteiger partial charge in [-0.3, -0.25) is 4.79 Å². The van der Waals surface area contributed by atoms with Gasteiger partial charge < -0.3 is 14.4 Å². The Hall–Kier alpha value is -1.78. The van der Waals surface area contributed by atoms with Crippen LogP contribution in [0.1, 0.15) is 40.5 Å². The highest BCUT2D eigenvalue weighted by Gasteiger charge is 2.27. The summed E-state index contributed by atoms with van der Waals surface area (Å²) in [4.78, 5) is 25.8. The van der Waals surface area contributed by atoms with Gasteiger partial charge in [0.15, 0.2) is 0 Å². The first kappa shape index (κ1) is 20.2. The van der Waals surface area contributed by atoms with E-state index >= 15 is 0 Å². The number of allylic oxidation sites excluding steroid dienone is 1. The summed E-state index contributed by atoms with van der Waals surface area (Å²) in [5.41, 5.74) is -0.582. The van der Waals surface area contributed by atoms with E-state index in [1.165, 1.54) is 4.90 Å². The molecular formula is C17H29NO4. The fourth-order valence-electron chi connectivity index (χ4n) is 1.80. The Morgan fingerprint density at radius 2 is 1.86 bits per heavy atom. The van der Waals surface area contributed by atoms with Gasteiger partial charge in [-0.05, 0) is 40.5 Å². The molecule has 0 aromatic rings. The van der Waals surface area contributed by atoms with Crippen LogP contribution in [0.15, 0.2) is 25.3 Å². The van der Waals surface area contributed by atoms with Crippen LogP contribution in [0.3, 0.4) is 0 Å². The molecule has 0 aliphatic heterocycles. The Labute approximate surface area is 134 Å². The molecule has 5 nitrogen and oxygen atoms in total. The minimum Gasteiger partial charge on any atom is -0.466 e. The van der Waals surface area contributed by atoms with Crippen LogP contribution in [0, 0.1) is 5.92 Å². The molecule has 22 heavy (non-hydrogen) atoms. The number of rotatable bonds is 9. The van der Waals surface area contributed by atoms with Crippen molar-refractivity contribution in [2.45, 2.75) is 46.1 Å². The summed E-state index contributed by atoms with van der Waals surface area (Å²) >= 11 is 0. The molecule has 5 heteroatoms. The van der Waals surface area contributed by atoms with E-state index in [0.717, 1.165) is 0 Å². The smallest absolute Gasteiger partial charge is 0.410 e. The molecule has 0 heterocycles. The van der Waals surface area contributed by atoms with Gasteiger partial charge in [-0.2, -0.15) is 0 Å². The summed E-state index contributed by atoms with van der Waals surface area (Å²) < 4.78 is 10.4. The number of hydrogen-bond donors (Lipinski definition) is 0. The molecular weight excluding hydrogens is 282 g/mol. The largest absolute Gasteiger partial charge is 0.466 e. The highest BCUT2D eigenvalue weighted by molar-refractivity contribution is 5.74. The van der Waals surface area contributed by atoms with E-state index in [-0.39, 0.29) is 12.5 Å². The van der Waals surface area contributed by atoms with Crippen LogP contribution in [0.5, 0.6) is 0 Å². The van der Waals surface area contributed by atoms with Crippen molar-refractivity contribution >= 4 is 12.1 Å². The molecule has 0 aromatic carbocycles. The van der Waals surface area contributed by atoms with E-state index in [1.54, 1.807) is 19.1 Å². The van der Waals surface area contributed by atoms with Gasteiger partial charge in [-0.25, -0.2) is 4.79 Å². The Balaban J connectivity index is 4.97. The van der Waals surface area contributed by atoms with E-state index in [9.17, 15) is 9.59 Å². The number of carbonyl (C=O) groups excluding carboxylic acids is 2. The molecule has 1 atom stereocenters. The van der Waals surface area contributed by atoms with Crippen molar-refractivity contribution in [1.82, 2.24) is 4.90 Å². The second kappa shape index (κ2) is 10.0. The van der Waals surface area contributed by atoms with Crippen LogP contribution in [0.2, 0.25) is 0 Å². The number of amides is 1. The van der Waals surface area contributed by atoms with E-state index in [4.69, 9.17) is 9.47 Å². The molecule has 0 fully saturated rings. The van der Waals surface area contributed by atoms with E-state index in [0.29, 0.717) is 26.0 Å². The SMILES string of the molecule is C=CCCN(C[C@@H](CC=C)C(=O)OCC)C(=O)OC(C)(C)C. The third-order valence-corrected chi connectivity index (χ3v) is 2.77. The van der Waals surface area contributed by atoms with Gasteiger partial charge in [0.1, 0.15) is 5.60 Å². The minimum atomic E-state index is -0.582. The van der Waals surface area contributed by atoms with Crippen LogP contribution >= 0.6 is 0 Å². The van der Waals surface area contributed by atoms with Crippen LogP contribution in [0.4, 0.5) is 4.79 Å². The standard InChI is InChI=1S/C17H29NO4/c1-7-10-12-18(16(20)22-17(4,5)6)13-14(11-8-2)15(19)21-9-3/h7-8,14H,1-2,9-13H2,3-6H3/t14-/m1/s1. The first-order chi connectivity index (χ1) is 10.2. The van der Waals surface area contributed by atoms with Crippen molar-refractivity contribution in [2.24, 2.45) is 5.92 Å². The van der Waals surface area contributed by atoms with Gasteiger partial charge in [0.2, 0.25) is 0 Å². The second-order valence-electron chi connectivity index (χ2n) is 5.98. The summed E-state index contributed by atoms with van der Waals surface area (Å²) in [5, 5.41) is 0. The quantitative estimate of drug-likeness (QED) is 0.482. The number of ether oxygens (including phenoxy) is 2. The van der Waals surface area contributed by atoms with E-state index < -0.39 is 17.6 Å². The lowest BCUT2D eigenvalue weighted by atomic mass is 10.1. The summed E-state index contributed by atoms with van der Waals surface area (Å²) in [6.45, 7) is 15.5. The zero-order chi connectivity index (χ0) is 17.2. The predicted octanol–water partition coefficient (Wildman–Crippen LogP) is 3.56. The molecule has 0 rings (SSSR count). The topological polar surface area (TPSA) is 55.8 Å². The van der Waals surface area contributed by atoms with Gasteiger partial charge in [-0.1, -0.05) is 12.2 Å². The van der Waals surface area contributed by atoms with E-state index in [1.807, 2.05) is 20.8 Å². The lowest BCUT2D eigenvalue weighted by Crippen LogP contribution is -2.41. The fraction of sp³-hybridized carbons (Fsp3) is 0.647. The van der Waals surface area contributed by atoms with Crippen molar-refractivity contribution in [3.8, 4) is 0 Å². The highest BCUT2D eigenvalue weighted by atomic mass is 16.6. The monoisotopic (exact) mass is 311 g/mol. The Bertz CT molecular complexity index is 385. The first-order valence-electron chi connectivity index (χ1n) is 7.61. The summed E-state index contributed by atoms with van der Waals surface area (Å²) in [5.74, 6) is -0.760. The van der Waals surface area contributed by atoms with Crippen LogP contribution in [0.25, 0.3) is 0 Å². The lowest BCUT2D eigenvalue weighted by Gasteiger charge is -2.29. The normalized spacial score (nSPS) is 12.2. The van der Waals surface area contributed by atoms with Crippen molar-refractivity contribution in [3.63, 3.8) is 0 Å². The maximum atomic E-state index is 12.3. The van der Waals surface area contributed by atoms with Crippen LogP contribution in [-0.2, 0) is 14.3 Å². The van der Waals surface area contributed by atoms with Gasteiger partial charge in [0.05, 0.1) is 12.5 Å². The average Bonchev–Trinajstić information content (AvgIpc) is 2.40. The fourth-order valence-corrected chi connectivity index (χ4v) is 1.80. The predicted molar refractivity (Wildman–Crippen MR) is 87.6 cm³/mol. The summed E-state index contributed by atoms with van der Waals surface area (Å²) in [7, 11) is 0. The molecule has 0 unspecified atom stereocenters. The minimum absolute atomic E-state index is 0.244. The van der Waals surface area contributed by atoms with Gasteiger partial charge >= 0.3 is 12.1 Å². The molecule has 0 aliphatic rings. The molecule has 0 N–H and O–H groups in total. The number of hydrogen-bond acceptors (Lipinski definition) is 4. The summed E-state index contributed by atoms with van der Waals surface area (Å²) in [6.07, 6.45) is 4.02. The molecule has 0 radical (unpaired) electrons. The third kappa shape index (κ3) is 8.49. The van der Waals surface area contributed by atoms with Crippen molar-refractivity contribution in [1.29, 1.82) is 0 Å². The second-order valence-corrected chi connectivity index (χ2v) is 5.98. The maximum Gasteiger partial charge on any atom is 0.410 e. The van der Waals surface area contributed by atoms with Crippen LogP contribution in [-0.4, -0.2) is 42.3 Å². The highest BCUT2D eigenvalue weighted by Crippen LogP contribution is 2.15. The molecule has 0 aromatic heterocycles. The number of esters is 1. The molecule has 126 valence electrons. The maximum absolute atomic E-state index is 12.3.